The lowest BCUT2D eigenvalue weighted by Crippen LogP contribution is -2.17. The Kier molecular flexibility index (Phi) is 3.99. The van der Waals surface area contributed by atoms with Gasteiger partial charge in [-0.3, -0.25) is 4.68 Å². The first-order valence-corrected chi connectivity index (χ1v) is 6.22. The van der Waals surface area contributed by atoms with Gasteiger partial charge < -0.3 is 10.4 Å². The van der Waals surface area contributed by atoms with E-state index < -0.39 is 0 Å². The molecule has 0 aliphatic rings. The van der Waals surface area contributed by atoms with E-state index in [0.29, 0.717) is 5.75 Å². The van der Waals surface area contributed by atoms with Crippen molar-refractivity contribution in [1.82, 2.24) is 15.1 Å². The normalized spacial score (nSPS) is 12.6. The lowest BCUT2D eigenvalue weighted by Gasteiger charge is -2.12. The Morgan fingerprint density at radius 3 is 2.67 bits per heavy atom. The molecule has 96 valence electrons. The fraction of sp³-hybridized carbons (Fsp3) is 0.357. The predicted octanol–water partition coefficient (Wildman–Crippen LogP) is 2.46. The molecule has 1 aromatic carbocycles. The summed E-state index contributed by atoms with van der Waals surface area (Å²) in [6.07, 6.45) is 3.96. The van der Waals surface area contributed by atoms with E-state index in [4.69, 9.17) is 0 Å². The Hall–Kier alpha value is -1.81. The van der Waals surface area contributed by atoms with Crippen molar-refractivity contribution in [3.8, 4) is 5.75 Å². The molecule has 0 aliphatic carbocycles. The number of phenolic OH excluding ortho intramolecular Hbond substituents is 1. The molecule has 2 N–H and O–H groups in total. The zero-order valence-corrected chi connectivity index (χ0v) is 10.8. The molecule has 1 atom stereocenters. The largest absolute Gasteiger partial charge is 0.508 e. The van der Waals surface area contributed by atoms with Crippen molar-refractivity contribution in [1.29, 1.82) is 0 Å². The van der Waals surface area contributed by atoms with Gasteiger partial charge in [-0.2, -0.15) is 5.10 Å². The topological polar surface area (TPSA) is 50.1 Å². The number of rotatable bonds is 5. The highest BCUT2D eigenvalue weighted by Crippen LogP contribution is 2.13. The van der Waals surface area contributed by atoms with Gasteiger partial charge in [0.05, 0.1) is 6.20 Å². The van der Waals surface area contributed by atoms with E-state index in [0.717, 1.165) is 18.7 Å². The average Bonchev–Trinajstić information content (AvgIpc) is 2.86. The summed E-state index contributed by atoms with van der Waals surface area (Å²) < 4.78 is 1.92. The molecular formula is C14H19N3O. The minimum absolute atomic E-state index is 0.263. The zero-order chi connectivity index (χ0) is 13.0. The molecule has 0 bridgehead atoms. The fourth-order valence-corrected chi connectivity index (χ4v) is 1.78. The summed E-state index contributed by atoms with van der Waals surface area (Å²) in [7, 11) is 0. The highest BCUT2D eigenvalue weighted by Gasteiger charge is 2.07. The lowest BCUT2D eigenvalue weighted by atomic mass is 10.1. The fourth-order valence-electron chi connectivity index (χ4n) is 1.78. The van der Waals surface area contributed by atoms with Crippen molar-refractivity contribution >= 4 is 0 Å². The molecule has 2 aromatic rings. The smallest absolute Gasteiger partial charge is 0.115 e. The first-order chi connectivity index (χ1) is 8.69. The molecule has 4 nitrogen and oxygen atoms in total. The van der Waals surface area contributed by atoms with E-state index in [-0.39, 0.29) is 6.04 Å². The molecule has 0 saturated heterocycles. The zero-order valence-electron chi connectivity index (χ0n) is 10.8. The van der Waals surface area contributed by atoms with Crippen LogP contribution in [-0.2, 0) is 13.1 Å². The number of nitrogens with one attached hydrogen (secondary N) is 1. The molecule has 0 amide bonds. The number of nitrogens with zero attached hydrogens (tertiary/aromatic N) is 2. The van der Waals surface area contributed by atoms with Gasteiger partial charge >= 0.3 is 0 Å². The molecule has 1 heterocycles. The second kappa shape index (κ2) is 5.69. The van der Waals surface area contributed by atoms with Crippen molar-refractivity contribution in [2.45, 2.75) is 33.0 Å². The Morgan fingerprint density at radius 2 is 2.06 bits per heavy atom. The predicted molar refractivity (Wildman–Crippen MR) is 71.3 cm³/mol. The van der Waals surface area contributed by atoms with Gasteiger partial charge in [-0.15, -0.1) is 0 Å². The van der Waals surface area contributed by atoms with Crippen LogP contribution in [0.5, 0.6) is 5.75 Å². The van der Waals surface area contributed by atoms with Crippen LogP contribution in [0, 0.1) is 0 Å². The van der Waals surface area contributed by atoms with E-state index >= 15 is 0 Å². The van der Waals surface area contributed by atoms with Crippen LogP contribution in [0.4, 0.5) is 0 Å². The van der Waals surface area contributed by atoms with Crippen LogP contribution in [0.15, 0.2) is 36.7 Å². The van der Waals surface area contributed by atoms with Crippen LogP contribution in [0.3, 0.4) is 0 Å². The van der Waals surface area contributed by atoms with Crippen molar-refractivity contribution in [3.05, 3.63) is 47.8 Å². The number of aromatic hydroxyl groups is 1. The van der Waals surface area contributed by atoms with Crippen LogP contribution >= 0.6 is 0 Å². The Balaban J connectivity index is 1.91. The summed E-state index contributed by atoms with van der Waals surface area (Å²) in [6, 6.07) is 7.52. The molecule has 2 rings (SSSR count). The summed E-state index contributed by atoms with van der Waals surface area (Å²) in [6.45, 7) is 5.87. The third kappa shape index (κ3) is 3.11. The summed E-state index contributed by atoms with van der Waals surface area (Å²) in [5.74, 6) is 0.302. The molecule has 0 fully saturated rings. The van der Waals surface area contributed by atoms with E-state index in [9.17, 15) is 5.11 Å². The number of hydrogen-bond acceptors (Lipinski definition) is 3. The number of aryl methyl sites for hydroxylation is 1. The maximum absolute atomic E-state index is 9.21. The highest BCUT2D eigenvalue weighted by atomic mass is 16.3. The maximum Gasteiger partial charge on any atom is 0.115 e. The molecule has 4 heteroatoms. The molecule has 0 saturated carbocycles. The molecule has 1 unspecified atom stereocenters. The summed E-state index contributed by atoms with van der Waals surface area (Å²) in [4.78, 5) is 0. The third-order valence-electron chi connectivity index (χ3n) is 3.03. The van der Waals surface area contributed by atoms with Crippen LogP contribution in [0.2, 0.25) is 0 Å². The second-order valence-corrected chi connectivity index (χ2v) is 4.40. The molecular weight excluding hydrogens is 226 g/mol. The van der Waals surface area contributed by atoms with E-state index in [1.807, 2.05) is 23.0 Å². The summed E-state index contributed by atoms with van der Waals surface area (Å²) >= 11 is 0. The number of phenols is 1. The van der Waals surface area contributed by atoms with Gasteiger partial charge in [0, 0.05) is 30.9 Å². The van der Waals surface area contributed by atoms with E-state index in [1.54, 1.807) is 12.1 Å². The monoisotopic (exact) mass is 245 g/mol. The SMILES string of the molecule is CCn1cc(C(C)NCc2ccc(O)cc2)cn1. The Labute approximate surface area is 107 Å². The summed E-state index contributed by atoms with van der Waals surface area (Å²) in [5.41, 5.74) is 2.35. The van der Waals surface area contributed by atoms with Gasteiger partial charge in [-0.25, -0.2) is 0 Å². The summed E-state index contributed by atoms with van der Waals surface area (Å²) in [5, 5.41) is 16.9. The standard InChI is InChI=1S/C14H19N3O/c1-3-17-10-13(9-16-17)11(2)15-8-12-4-6-14(18)7-5-12/h4-7,9-11,15,18H,3,8H2,1-2H3. The number of aromatic nitrogens is 2. The Bertz CT molecular complexity index is 490. The van der Waals surface area contributed by atoms with E-state index in [2.05, 4.69) is 30.5 Å². The molecule has 1 aromatic heterocycles. The van der Waals surface area contributed by atoms with Gasteiger partial charge in [0.25, 0.3) is 0 Å². The van der Waals surface area contributed by atoms with Crippen LogP contribution < -0.4 is 5.32 Å². The van der Waals surface area contributed by atoms with E-state index in [1.165, 1.54) is 5.56 Å². The molecule has 0 spiro atoms. The number of hydrogen-bond donors (Lipinski definition) is 2. The van der Waals surface area contributed by atoms with Crippen molar-refractivity contribution in [3.63, 3.8) is 0 Å². The van der Waals surface area contributed by atoms with Crippen molar-refractivity contribution in [2.24, 2.45) is 0 Å². The first kappa shape index (κ1) is 12.6. The van der Waals surface area contributed by atoms with Gasteiger partial charge in [0.1, 0.15) is 5.75 Å². The quantitative estimate of drug-likeness (QED) is 0.850. The maximum atomic E-state index is 9.21. The van der Waals surface area contributed by atoms with Gasteiger partial charge in [-0.1, -0.05) is 12.1 Å². The Morgan fingerprint density at radius 1 is 1.33 bits per heavy atom. The highest BCUT2D eigenvalue weighted by molar-refractivity contribution is 5.25. The van der Waals surface area contributed by atoms with Gasteiger partial charge in [0.2, 0.25) is 0 Å². The van der Waals surface area contributed by atoms with Crippen LogP contribution in [-0.4, -0.2) is 14.9 Å². The van der Waals surface area contributed by atoms with Gasteiger partial charge in [-0.05, 0) is 31.5 Å². The van der Waals surface area contributed by atoms with Crippen molar-refractivity contribution in [2.75, 3.05) is 0 Å². The molecule has 0 aliphatic heterocycles. The average molecular weight is 245 g/mol. The first-order valence-electron chi connectivity index (χ1n) is 6.22. The minimum Gasteiger partial charge on any atom is -0.508 e. The minimum atomic E-state index is 0.263. The lowest BCUT2D eigenvalue weighted by molar-refractivity contribution is 0.474. The van der Waals surface area contributed by atoms with Crippen LogP contribution in [0.25, 0.3) is 0 Å². The number of benzene rings is 1. The molecule has 0 radical (unpaired) electrons. The van der Waals surface area contributed by atoms with Gasteiger partial charge in [0.15, 0.2) is 0 Å². The van der Waals surface area contributed by atoms with Crippen LogP contribution in [0.1, 0.15) is 31.0 Å². The van der Waals surface area contributed by atoms with Crippen molar-refractivity contribution < 1.29 is 5.11 Å². The second-order valence-electron chi connectivity index (χ2n) is 4.40. The molecule has 18 heavy (non-hydrogen) atoms. The third-order valence-corrected chi connectivity index (χ3v) is 3.03.